The predicted molar refractivity (Wildman–Crippen MR) is 69.7 cm³/mol. The van der Waals surface area contributed by atoms with E-state index in [9.17, 15) is 4.79 Å². The van der Waals surface area contributed by atoms with E-state index in [4.69, 9.17) is 4.74 Å². The quantitative estimate of drug-likeness (QED) is 0.833. The number of carbonyl (C=O) groups excluding carboxylic acids is 1. The van der Waals surface area contributed by atoms with Crippen molar-refractivity contribution in [1.82, 2.24) is 10.2 Å². The minimum Gasteiger partial charge on any atom is -0.492 e. The molecule has 0 aliphatic carbocycles. The topological polar surface area (TPSA) is 50.8 Å². The summed E-state index contributed by atoms with van der Waals surface area (Å²) in [5.41, 5.74) is 1.00. The number of nitrogens with zero attached hydrogens (tertiary/aromatic N) is 1. The van der Waals surface area contributed by atoms with Crippen molar-refractivity contribution in [3.63, 3.8) is 0 Å². The highest BCUT2D eigenvalue weighted by molar-refractivity contribution is 5.66. The summed E-state index contributed by atoms with van der Waals surface area (Å²) in [6, 6.07) is 7.62. The van der Waals surface area contributed by atoms with Gasteiger partial charge in [-0.3, -0.25) is 0 Å². The Bertz CT molecular complexity index is 363. The average molecular weight is 252 g/mol. The van der Waals surface area contributed by atoms with Crippen LogP contribution in [0.4, 0.5) is 4.79 Å². The maximum atomic E-state index is 10.9. The summed E-state index contributed by atoms with van der Waals surface area (Å²) in [6.45, 7) is 1.99. The summed E-state index contributed by atoms with van der Waals surface area (Å²) in [6.07, 6.45) is -0.429. The molecule has 1 amide bonds. The van der Waals surface area contributed by atoms with Crippen molar-refractivity contribution < 1.29 is 14.3 Å². The molecule has 0 radical (unpaired) electrons. The van der Waals surface area contributed by atoms with Crippen LogP contribution in [0.5, 0.6) is 5.75 Å². The molecule has 0 fully saturated rings. The molecule has 0 bridgehead atoms. The smallest absolute Gasteiger partial charge is 0.407 e. The lowest BCUT2D eigenvalue weighted by Gasteiger charge is -2.11. The largest absolute Gasteiger partial charge is 0.492 e. The number of hydrogen-bond acceptors (Lipinski definition) is 4. The van der Waals surface area contributed by atoms with Gasteiger partial charge in [0.25, 0.3) is 0 Å². The van der Waals surface area contributed by atoms with Crippen molar-refractivity contribution in [1.29, 1.82) is 0 Å². The molecule has 100 valence electrons. The van der Waals surface area contributed by atoms with Gasteiger partial charge in [-0.05, 0) is 31.8 Å². The third-order valence-electron chi connectivity index (χ3n) is 2.35. The fraction of sp³-hybridized carbons (Fsp3) is 0.462. The molecule has 1 aromatic rings. The van der Waals surface area contributed by atoms with Crippen LogP contribution in [0.3, 0.4) is 0 Å². The first-order valence-corrected chi connectivity index (χ1v) is 5.80. The fourth-order valence-corrected chi connectivity index (χ4v) is 1.30. The Balaban J connectivity index is 2.35. The summed E-state index contributed by atoms with van der Waals surface area (Å²) in [5.74, 6) is 0.832. The van der Waals surface area contributed by atoms with E-state index in [1.54, 1.807) is 0 Å². The molecule has 1 N–H and O–H groups in total. The number of hydrogen-bond donors (Lipinski definition) is 1. The van der Waals surface area contributed by atoms with Gasteiger partial charge in [0.05, 0.1) is 7.11 Å². The van der Waals surface area contributed by atoms with Gasteiger partial charge < -0.3 is 19.7 Å². The summed E-state index contributed by atoms with van der Waals surface area (Å²) in [7, 11) is 5.35. The van der Waals surface area contributed by atoms with E-state index in [0.717, 1.165) is 17.9 Å². The van der Waals surface area contributed by atoms with Gasteiger partial charge in [-0.1, -0.05) is 12.1 Å². The van der Waals surface area contributed by atoms with Gasteiger partial charge in [0, 0.05) is 13.1 Å². The van der Waals surface area contributed by atoms with Crippen molar-refractivity contribution in [2.24, 2.45) is 0 Å². The molecule has 0 aromatic heterocycles. The minimum absolute atomic E-state index is 0.429. The van der Waals surface area contributed by atoms with E-state index in [0.29, 0.717) is 13.2 Å². The number of amides is 1. The number of ether oxygens (including phenoxy) is 2. The van der Waals surface area contributed by atoms with E-state index in [1.165, 1.54) is 7.11 Å². The van der Waals surface area contributed by atoms with Crippen LogP contribution in [-0.2, 0) is 11.3 Å². The maximum Gasteiger partial charge on any atom is 0.407 e. The number of carbonyl (C=O) groups is 1. The molecule has 0 spiro atoms. The van der Waals surface area contributed by atoms with Crippen LogP contribution in [0.1, 0.15) is 5.56 Å². The van der Waals surface area contributed by atoms with E-state index < -0.39 is 6.09 Å². The first-order valence-electron chi connectivity index (χ1n) is 5.80. The lowest BCUT2D eigenvalue weighted by Crippen LogP contribution is -2.22. The van der Waals surface area contributed by atoms with Gasteiger partial charge in [-0.25, -0.2) is 4.79 Å². The number of nitrogens with one attached hydrogen (secondary N) is 1. The fourth-order valence-electron chi connectivity index (χ4n) is 1.30. The zero-order valence-electron chi connectivity index (χ0n) is 11.1. The van der Waals surface area contributed by atoms with Crippen LogP contribution in [0, 0.1) is 0 Å². The molecule has 1 rings (SSSR count). The Morgan fingerprint density at radius 2 is 1.94 bits per heavy atom. The molecular weight excluding hydrogens is 232 g/mol. The number of benzene rings is 1. The van der Waals surface area contributed by atoms with E-state index >= 15 is 0 Å². The summed E-state index contributed by atoms with van der Waals surface area (Å²) < 4.78 is 10.1. The zero-order valence-corrected chi connectivity index (χ0v) is 11.1. The Morgan fingerprint density at radius 1 is 1.28 bits per heavy atom. The predicted octanol–water partition coefficient (Wildman–Crippen LogP) is 1.48. The van der Waals surface area contributed by atoms with Gasteiger partial charge in [-0.2, -0.15) is 0 Å². The Kier molecular flexibility index (Phi) is 6.00. The number of methoxy groups -OCH3 is 1. The second kappa shape index (κ2) is 7.55. The monoisotopic (exact) mass is 252 g/mol. The van der Waals surface area contributed by atoms with Crippen LogP contribution in [0.15, 0.2) is 24.3 Å². The number of alkyl carbamates (subject to hydrolysis) is 1. The minimum atomic E-state index is -0.429. The third kappa shape index (κ3) is 5.54. The second-order valence-electron chi connectivity index (χ2n) is 4.14. The number of likely N-dealkylation sites (N-methyl/N-ethyl adjacent to an activating group) is 1. The van der Waals surface area contributed by atoms with E-state index in [1.807, 2.05) is 38.4 Å². The molecule has 0 saturated carbocycles. The van der Waals surface area contributed by atoms with Crippen LogP contribution < -0.4 is 10.1 Å². The molecule has 0 saturated heterocycles. The van der Waals surface area contributed by atoms with E-state index in [-0.39, 0.29) is 0 Å². The van der Waals surface area contributed by atoms with Crippen molar-refractivity contribution in [3.8, 4) is 5.75 Å². The van der Waals surface area contributed by atoms with Gasteiger partial charge in [-0.15, -0.1) is 0 Å². The molecule has 18 heavy (non-hydrogen) atoms. The van der Waals surface area contributed by atoms with Gasteiger partial charge in [0.15, 0.2) is 0 Å². The van der Waals surface area contributed by atoms with Gasteiger partial charge in [0.1, 0.15) is 12.4 Å². The standard InChI is InChI=1S/C13H20N2O3/c1-15(2)8-9-18-12-6-4-11(5-7-12)10-14-13(16)17-3/h4-7H,8-10H2,1-3H3,(H,14,16). The highest BCUT2D eigenvalue weighted by atomic mass is 16.5. The first kappa shape index (κ1) is 14.3. The molecule has 0 atom stereocenters. The van der Waals surface area contributed by atoms with Crippen molar-refractivity contribution >= 4 is 6.09 Å². The lowest BCUT2D eigenvalue weighted by atomic mass is 10.2. The van der Waals surface area contributed by atoms with Crippen LogP contribution in [-0.4, -0.2) is 45.3 Å². The van der Waals surface area contributed by atoms with Crippen molar-refractivity contribution in [3.05, 3.63) is 29.8 Å². The lowest BCUT2D eigenvalue weighted by molar-refractivity contribution is 0.170. The highest BCUT2D eigenvalue weighted by Crippen LogP contribution is 2.11. The Hall–Kier alpha value is -1.75. The van der Waals surface area contributed by atoms with Crippen molar-refractivity contribution in [2.75, 3.05) is 34.4 Å². The first-order chi connectivity index (χ1) is 8.61. The summed E-state index contributed by atoms with van der Waals surface area (Å²) >= 11 is 0. The highest BCUT2D eigenvalue weighted by Gasteiger charge is 2.00. The second-order valence-corrected chi connectivity index (χ2v) is 4.14. The van der Waals surface area contributed by atoms with E-state index in [2.05, 4.69) is 15.0 Å². The van der Waals surface area contributed by atoms with Crippen LogP contribution in [0.2, 0.25) is 0 Å². The molecule has 1 aromatic carbocycles. The molecule has 0 unspecified atom stereocenters. The summed E-state index contributed by atoms with van der Waals surface area (Å²) in [5, 5.41) is 2.62. The molecule has 0 heterocycles. The Labute approximate surface area is 108 Å². The molecular formula is C13H20N2O3. The molecule has 5 nitrogen and oxygen atoms in total. The normalized spacial score (nSPS) is 10.2. The van der Waals surface area contributed by atoms with Gasteiger partial charge >= 0.3 is 6.09 Å². The van der Waals surface area contributed by atoms with Crippen LogP contribution >= 0.6 is 0 Å². The summed E-state index contributed by atoms with van der Waals surface area (Å²) in [4.78, 5) is 13.0. The average Bonchev–Trinajstić information content (AvgIpc) is 2.37. The molecule has 0 aliphatic heterocycles. The van der Waals surface area contributed by atoms with Gasteiger partial charge in [0.2, 0.25) is 0 Å². The maximum absolute atomic E-state index is 10.9. The van der Waals surface area contributed by atoms with Crippen molar-refractivity contribution in [2.45, 2.75) is 6.54 Å². The number of rotatable bonds is 6. The molecule has 0 aliphatic rings. The molecule has 5 heteroatoms. The third-order valence-corrected chi connectivity index (χ3v) is 2.35. The van der Waals surface area contributed by atoms with Crippen LogP contribution in [0.25, 0.3) is 0 Å². The Morgan fingerprint density at radius 3 is 2.50 bits per heavy atom. The SMILES string of the molecule is COC(=O)NCc1ccc(OCCN(C)C)cc1. The zero-order chi connectivity index (χ0) is 13.4.